The molecule has 6 nitrogen and oxygen atoms in total. The van der Waals surface area contributed by atoms with E-state index in [4.69, 9.17) is 14.2 Å². The summed E-state index contributed by atoms with van der Waals surface area (Å²) in [4.78, 5) is 0.210. The second kappa shape index (κ2) is 6.90. The molecule has 2 atom stereocenters. The monoisotopic (exact) mass is 375 g/mol. The van der Waals surface area contributed by atoms with Gasteiger partial charge in [0.1, 0.15) is 13.2 Å². The maximum Gasteiger partial charge on any atom is 0.243 e. The van der Waals surface area contributed by atoms with Gasteiger partial charge in [0.05, 0.1) is 17.6 Å². The van der Waals surface area contributed by atoms with Gasteiger partial charge in [-0.1, -0.05) is 30.3 Å². The van der Waals surface area contributed by atoms with Gasteiger partial charge in [-0.15, -0.1) is 0 Å². The lowest BCUT2D eigenvalue weighted by Gasteiger charge is -2.37. The second-order valence-electron chi connectivity index (χ2n) is 6.46. The fourth-order valence-electron chi connectivity index (χ4n) is 3.26. The van der Waals surface area contributed by atoms with E-state index in [0.717, 1.165) is 5.56 Å². The molecule has 0 spiro atoms. The van der Waals surface area contributed by atoms with Gasteiger partial charge in [-0.25, -0.2) is 8.42 Å². The highest BCUT2D eigenvalue weighted by molar-refractivity contribution is 7.89. The van der Waals surface area contributed by atoms with Crippen molar-refractivity contribution in [3.05, 3.63) is 54.1 Å². The Hall–Kier alpha value is -2.09. The molecular formula is C19H21NO5S. The summed E-state index contributed by atoms with van der Waals surface area (Å²) in [7, 11) is -3.67. The van der Waals surface area contributed by atoms with Crippen molar-refractivity contribution < 1.29 is 22.6 Å². The van der Waals surface area contributed by atoms with Crippen molar-refractivity contribution in [2.24, 2.45) is 0 Å². The van der Waals surface area contributed by atoms with Crippen LogP contribution in [0.2, 0.25) is 0 Å². The molecule has 0 aliphatic carbocycles. The van der Waals surface area contributed by atoms with E-state index in [1.807, 2.05) is 37.3 Å². The third-order valence-corrected chi connectivity index (χ3v) is 6.64. The number of ether oxygens (including phenoxy) is 3. The Bertz CT molecular complexity index is 884. The summed E-state index contributed by atoms with van der Waals surface area (Å²) < 4.78 is 44.9. The average molecular weight is 375 g/mol. The van der Waals surface area contributed by atoms with E-state index in [2.05, 4.69) is 0 Å². The van der Waals surface area contributed by atoms with Crippen molar-refractivity contribution in [3.8, 4) is 11.5 Å². The van der Waals surface area contributed by atoms with E-state index in [-0.39, 0.29) is 23.6 Å². The lowest BCUT2D eigenvalue weighted by atomic mass is 10.1. The fourth-order valence-corrected chi connectivity index (χ4v) is 4.89. The zero-order valence-corrected chi connectivity index (χ0v) is 15.3. The summed E-state index contributed by atoms with van der Waals surface area (Å²) in [6.07, 6.45) is -0.278. The molecule has 7 heteroatoms. The average Bonchev–Trinajstić information content (AvgIpc) is 2.68. The molecule has 0 amide bonds. The first kappa shape index (κ1) is 17.3. The third kappa shape index (κ3) is 3.18. The zero-order chi connectivity index (χ0) is 18.1. The van der Waals surface area contributed by atoms with Gasteiger partial charge in [0.15, 0.2) is 11.5 Å². The minimum absolute atomic E-state index is 0.210. The molecule has 0 bridgehead atoms. The number of hydrogen-bond acceptors (Lipinski definition) is 5. The van der Waals surface area contributed by atoms with Gasteiger partial charge in [0, 0.05) is 18.7 Å². The van der Waals surface area contributed by atoms with Crippen LogP contribution in [0.3, 0.4) is 0 Å². The number of rotatable bonds is 3. The smallest absolute Gasteiger partial charge is 0.243 e. The minimum atomic E-state index is -3.67. The Labute approximate surface area is 153 Å². The van der Waals surface area contributed by atoms with E-state index >= 15 is 0 Å². The quantitative estimate of drug-likeness (QED) is 0.825. The van der Waals surface area contributed by atoms with Gasteiger partial charge in [-0.3, -0.25) is 0 Å². The molecule has 2 aromatic rings. The zero-order valence-electron chi connectivity index (χ0n) is 14.5. The van der Waals surface area contributed by atoms with Crippen LogP contribution in [-0.4, -0.2) is 45.1 Å². The molecule has 4 rings (SSSR count). The molecule has 0 radical (unpaired) electrons. The lowest BCUT2D eigenvalue weighted by molar-refractivity contribution is -0.0288. The van der Waals surface area contributed by atoms with E-state index in [1.165, 1.54) is 4.31 Å². The van der Waals surface area contributed by atoms with Crippen LogP contribution in [0.1, 0.15) is 18.6 Å². The van der Waals surface area contributed by atoms with Gasteiger partial charge < -0.3 is 14.2 Å². The van der Waals surface area contributed by atoms with Crippen LogP contribution in [0, 0.1) is 0 Å². The van der Waals surface area contributed by atoms with Gasteiger partial charge in [0.25, 0.3) is 0 Å². The second-order valence-corrected chi connectivity index (χ2v) is 8.35. The van der Waals surface area contributed by atoms with Gasteiger partial charge >= 0.3 is 0 Å². The molecule has 2 heterocycles. The lowest BCUT2D eigenvalue weighted by Crippen LogP contribution is -2.48. The molecule has 0 aromatic heterocycles. The molecule has 0 N–H and O–H groups in total. The molecule has 138 valence electrons. The van der Waals surface area contributed by atoms with Crippen LogP contribution in [0.4, 0.5) is 0 Å². The summed E-state index contributed by atoms with van der Waals surface area (Å²) in [5.41, 5.74) is 0.974. The van der Waals surface area contributed by atoms with Gasteiger partial charge in [0.2, 0.25) is 10.0 Å². The van der Waals surface area contributed by atoms with E-state index in [0.29, 0.717) is 31.3 Å². The normalized spacial score (nSPS) is 23.6. The number of sulfonamides is 1. The highest BCUT2D eigenvalue weighted by atomic mass is 32.2. The van der Waals surface area contributed by atoms with Crippen molar-refractivity contribution in [1.82, 2.24) is 4.31 Å². The van der Waals surface area contributed by atoms with Crippen molar-refractivity contribution in [2.45, 2.75) is 24.0 Å². The molecule has 1 saturated heterocycles. The summed E-state index contributed by atoms with van der Waals surface area (Å²) in [6, 6.07) is 14.2. The fraction of sp³-hybridized carbons (Fsp3) is 0.368. The Balaban J connectivity index is 1.63. The van der Waals surface area contributed by atoms with Crippen LogP contribution in [0.25, 0.3) is 0 Å². The first-order valence-corrected chi connectivity index (χ1v) is 10.1. The van der Waals surface area contributed by atoms with Crippen molar-refractivity contribution in [2.75, 3.05) is 26.4 Å². The molecule has 2 aromatic carbocycles. The predicted octanol–water partition coefficient (Wildman–Crippen LogP) is 2.61. The Morgan fingerprint density at radius 3 is 2.50 bits per heavy atom. The van der Waals surface area contributed by atoms with Crippen molar-refractivity contribution in [1.29, 1.82) is 0 Å². The number of fused-ring (bicyclic) bond motifs is 1. The molecular weight excluding hydrogens is 354 g/mol. The van der Waals surface area contributed by atoms with Crippen LogP contribution >= 0.6 is 0 Å². The number of morpholine rings is 1. The highest BCUT2D eigenvalue weighted by Crippen LogP contribution is 2.35. The Morgan fingerprint density at radius 1 is 1.00 bits per heavy atom. The number of hydrogen-bond donors (Lipinski definition) is 0. The van der Waals surface area contributed by atoms with Gasteiger partial charge in [-0.2, -0.15) is 4.31 Å². The summed E-state index contributed by atoms with van der Waals surface area (Å²) in [5.74, 6) is 1.05. The number of benzene rings is 2. The van der Waals surface area contributed by atoms with Crippen molar-refractivity contribution >= 4 is 10.0 Å². The molecule has 2 unspecified atom stereocenters. The third-order valence-electron chi connectivity index (χ3n) is 4.67. The van der Waals surface area contributed by atoms with Crippen LogP contribution in [0.15, 0.2) is 53.4 Å². The first-order chi connectivity index (χ1) is 12.6. The molecule has 26 heavy (non-hydrogen) atoms. The maximum atomic E-state index is 13.2. The first-order valence-electron chi connectivity index (χ1n) is 8.64. The predicted molar refractivity (Wildman–Crippen MR) is 95.9 cm³/mol. The Morgan fingerprint density at radius 2 is 1.73 bits per heavy atom. The largest absolute Gasteiger partial charge is 0.486 e. The van der Waals surface area contributed by atoms with Gasteiger partial charge in [-0.05, 0) is 24.6 Å². The Kier molecular flexibility index (Phi) is 4.60. The standard InChI is InChI=1S/C19H21NO5S/c1-14-13-25-19(15-5-3-2-4-6-15)12-20(14)26(21,22)16-7-8-17-18(11-16)24-10-9-23-17/h2-8,11,14,19H,9-10,12-13H2,1H3. The van der Waals surface area contributed by atoms with Crippen LogP contribution < -0.4 is 9.47 Å². The van der Waals surface area contributed by atoms with E-state index < -0.39 is 10.0 Å². The number of nitrogens with zero attached hydrogens (tertiary/aromatic N) is 1. The van der Waals surface area contributed by atoms with Crippen molar-refractivity contribution in [3.63, 3.8) is 0 Å². The minimum Gasteiger partial charge on any atom is -0.486 e. The summed E-state index contributed by atoms with van der Waals surface area (Å²) in [5, 5.41) is 0. The van der Waals surface area contributed by atoms with Crippen LogP contribution in [0.5, 0.6) is 11.5 Å². The molecule has 2 aliphatic rings. The molecule has 0 saturated carbocycles. The highest BCUT2D eigenvalue weighted by Gasteiger charge is 2.36. The SMILES string of the molecule is CC1COC(c2ccccc2)CN1S(=O)(=O)c1ccc2c(c1)OCCO2. The summed E-state index contributed by atoms with van der Waals surface area (Å²) in [6.45, 7) is 3.38. The van der Waals surface area contributed by atoms with E-state index in [1.54, 1.807) is 18.2 Å². The molecule has 1 fully saturated rings. The maximum absolute atomic E-state index is 13.2. The van der Waals surface area contributed by atoms with Crippen LogP contribution in [-0.2, 0) is 14.8 Å². The molecule has 2 aliphatic heterocycles. The van der Waals surface area contributed by atoms with E-state index in [9.17, 15) is 8.42 Å². The topological polar surface area (TPSA) is 65.1 Å². The summed E-state index contributed by atoms with van der Waals surface area (Å²) >= 11 is 0.